The minimum absolute atomic E-state index is 0.0849. The van der Waals surface area contributed by atoms with Gasteiger partial charge in [0.2, 0.25) is 5.91 Å². The Hall–Kier alpha value is -3.00. The molecule has 0 saturated heterocycles. The molecule has 0 aliphatic carbocycles. The predicted octanol–water partition coefficient (Wildman–Crippen LogP) is 6.45. The Balaban J connectivity index is 1.68. The monoisotopic (exact) mass is 502 g/mol. The van der Waals surface area contributed by atoms with Crippen molar-refractivity contribution in [2.75, 3.05) is 10.6 Å². The molecule has 0 aliphatic heterocycles. The summed E-state index contributed by atoms with van der Waals surface area (Å²) in [7, 11) is 0. The lowest BCUT2D eigenvalue weighted by atomic mass is 10.2. The first-order valence-corrected chi connectivity index (χ1v) is 11.6. The molecule has 3 N–H and O–H groups in total. The molecule has 0 radical (unpaired) electrons. The Kier molecular flexibility index (Phi) is 8.38. The average Bonchev–Trinajstić information content (AvgIpc) is 2.78. The third kappa shape index (κ3) is 6.74. The van der Waals surface area contributed by atoms with Gasteiger partial charge in [0.05, 0.1) is 15.8 Å². The zero-order valence-electron chi connectivity index (χ0n) is 17.5. The Morgan fingerprint density at radius 2 is 1.67 bits per heavy atom. The first-order valence-electron chi connectivity index (χ1n) is 9.94. The van der Waals surface area contributed by atoms with Crippen molar-refractivity contribution in [1.29, 1.82) is 0 Å². The largest absolute Gasteiger partial charge is 0.478 e. The maximum absolute atomic E-state index is 12.8. The second-order valence-corrected chi connectivity index (χ2v) is 9.12. The van der Waals surface area contributed by atoms with Gasteiger partial charge in [0.15, 0.2) is 0 Å². The Labute approximate surface area is 205 Å². The van der Waals surface area contributed by atoms with E-state index >= 15 is 0 Å². The van der Waals surface area contributed by atoms with Gasteiger partial charge in [0.25, 0.3) is 5.91 Å². The molecule has 0 fully saturated rings. The number of rotatable bonds is 8. The number of hydrogen-bond donors (Lipinski definition) is 3. The number of carbonyl (C=O) groups is 3. The fourth-order valence-electron chi connectivity index (χ4n) is 2.96. The number of benzene rings is 3. The maximum atomic E-state index is 12.8. The lowest BCUT2D eigenvalue weighted by Gasteiger charge is -2.16. The van der Waals surface area contributed by atoms with Crippen LogP contribution in [-0.4, -0.2) is 28.1 Å². The van der Waals surface area contributed by atoms with Crippen LogP contribution in [0.4, 0.5) is 11.4 Å². The van der Waals surface area contributed by atoms with Crippen LogP contribution in [-0.2, 0) is 4.79 Å². The quantitative estimate of drug-likeness (QED) is 0.307. The fraction of sp³-hybridized carbons (Fsp3) is 0.125. The topological polar surface area (TPSA) is 95.5 Å². The molecule has 0 aromatic heterocycles. The van der Waals surface area contributed by atoms with Crippen LogP contribution in [0.2, 0.25) is 10.0 Å². The molecular weight excluding hydrogens is 483 g/mol. The van der Waals surface area contributed by atoms with Crippen molar-refractivity contribution in [3.8, 4) is 0 Å². The van der Waals surface area contributed by atoms with Crippen LogP contribution in [0.25, 0.3) is 0 Å². The van der Waals surface area contributed by atoms with Crippen molar-refractivity contribution in [2.45, 2.75) is 23.5 Å². The number of hydrogen-bond acceptors (Lipinski definition) is 4. The minimum atomic E-state index is -1.17. The number of aromatic carboxylic acids is 1. The summed E-state index contributed by atoms with van der Waals surface area (Å²) < 4.78 is 0. The molecule has 3 aromatic carbocycles. The predicted molar refractivity (Wildman–Crippen MR) is 133 cm³/mol. The third-order valence-electron chi connectivity index (χ3n) is 4.58. The standard InChI is InChI=1S/C24H20Cl2N2O4S/c1-2-21(23(30)28-17-9-10-20(26)19(13-17)24(31)32)33-18-8-4-7-16(12-18)27-22(29)14-5-3-6-15(25)11-14/h3-13,21H,2H2,1H3,(H,27,29)(H,28,30)(H,31,32). The van der Waals surface area contributed by atoms with E-state index in [9.17, 15) is 19.5 Å². The number of anilines is 2. The number of amides is 2. The third-order valence-corrected chi connectivity index (χ3v) is 6.51. The number of halogens is 2. The molecule has 1 atom stereocenters. The van der Waals surface area contributed by atoms with E-state index in [0.717, 1.165) is 4.90 Å². The highest BCUT2D eigenvalue weighted by Crippen LogP contribution is 2.29. The van der Waals surface area contributed by atoms with Crippen LogP contribution in [0.15, 0.2) is 71.6 Å². The SMILES string of the molecule is CCC(Sc1cccc(NC(=O)c2cccc(Cl)c2)c1)C(=O)Nc1ccc(Cl)c(C(=O)O)c1. The van der Waals surface area contributed by atoms with Gasteiger partial charge in [-0.25, -0.2) is 4.79 Å². The van der Waals surface area contributed by atoms with E-state index in [-0.39, 0.29) is 22.4 Å². The maximum Gasteiger partial charge on any atom is 0.337 e. The van der Waals surface area contributed by atoms with Gasteiger partial charge in [-0.3, -0.25) is 9.59 Å². The Morgan fingerprint density at radius 1 is 0.939 bits per heavy atom. The van der Waals surface area contributed by atoms with E-state index in [1.54, 1.807) is 48.5 Å². The lowest BCUT2D eigenvalue weighted by molar-refractivity contribution is -0.115. The number of carbonyl (C=O) groups excluding carboxylic acids is 2. The summed E-state index contributed by atoms with van der Waals surface area (Å²) in [6.07, 6.45) is 0.537. The van der Waals surface area contributed by atoms with Crippen molar-refractivity contribution >= 4 is 64.1 Å². The molecule has 3 rings (SSSR count). The molecule has 1 unspecified atom stereocenters. The molecule has 0 spiro atoms. The van der Waals surface area contributed by atoms with Crippen LogP contribution in [0.5, 0.6) is 0 Å². The van der Waals surface area contributed by atoms with Crippen molar-refractivity contribution < 1.29 is 19.5 Å². The normalized spacial score (nSPS) is 11.5. The van der Waals surface area contributed by atoms with E-state index in [1.807, 2.05) is 13.0 Å². The van der Waals surface area contributed by atoms with Gasteiger partial charge in [-0.15, -0.1) is 11.8 Å². The van der Waals surface area contributed by atoms with Gasteiger partial charge in [0, 0.05) is 26.9 Å². The second kappa shape index (κ2) is 11.2. The molecular formula is C24H20Cl2N2O4S. The Morgan fingerprint density at radius 3 is 2.36 bits per heavy atom. The highest BCUT2D eigenvalue weighted by Gasteiger charge is 2.19. The molecule has 6 nitrogen and oxygen atoms in total. The summed E-state index contributed by atoms with van der Waals surface area (Å²) in [6, 6.07) is 18.1. The minimum Gasteiger partial charge on any atom is -0.478 e. The summed E-state index contributed by atoms with van der Waals surface area (Å²) in [5.41, 5.74) is 1.29. The van der Waals surface area contributed by atoms with Gasteiger partial charge in [0.1, 0.15) is 0 Å². The number of carboxylic acids is 1. The van der Waals surface area contributed by atoms with Crippen LogP contribution >= 0.6 is 35.0 Å². The van der Waals surface area contributed by atoms with Crippen molar-refractivity contribution in [2.24, 2.45) is 0 Å². The highest BCUT2D eigenvalue weighted by molar-refractivity contribution is 8.00. The zero-order valence-corrected chi connectivity index (χ0v) is 19.8. The van der Waals surface area contributed by atoms with Crippen molar-refractivity contribution in [1.82, 2.24) is 0 Å². The van der Waals surface area contributed by atoms with Gasteiger partial charge in [-0.05, 0) is 61.0 Å². The van der Waals surface area contributed by atoms with E-state index < -0.39 is 11.2 Å². The van der Waals surface area contributed by atoms with Crippen LogP contribution in [0.3, 0.4) is 0 Å². The van der Waals surface area contributed by atoms with Crippen molar-refractivity contribution in [3.05, 3.63) is 87.9 Å². The van der Waals surface area contributed by atoms with E-state index in [2.05, 4.69) is 10.6 Å². The molecule has 170 valence electrons. The number of nitrogens with one attached hydrogen (secondary N) is 2. The summed E-state index contributed by atoms with van der Waals surface area (Å²) in [5, 5.41) is 14.9. The lowest BCUT2D eigenvalue weighted by Crippen LogP contribution is -2.24. The van der Waals surface area contributed by atoms with Crippen LogP contribution in [0, 0.1) is 0 Å². The molecule has 9 heteroatoms. The second-order valence-electron chi connectivity index (χ2n) is 7.00. The summed E-state index contributed by atoms with van der Waals surface area (Å²) >= 11 is 13.2. The first kappa shape index (κ1) is 24.6. The Bertz CT molecular complexity index is 1200. The molecule has 0 heterocycles. The van der Waals surface area contributed by atoms with Gasteiger partial charge >= 0.3 is 5.97 Å². The fourth-order valence-corrected chi connectivity index (χ4v) is 4.36. The summed E-state index contributed by atoms with van der Waals surface area (Å²) in [5.74, 6) is -1.73. The van der Waals surface area contributed by atoms with E-state index in [4.69, 9.17) is 23.2 Å². The smallest absolute Gasteiger partial charge is 0.337 e. The summed E-state index contributed by atoms with van der Waals surface area (Å²) in [6.45, 7) is 1.88. The van der Waals surface area contributed by atoms with Crippen molar-refractivity contribution in [3.63, 3.8) is 0 Å². The van der Waals surface area contributed by atoms with E-state index in [0.29, 0.717) is 28.4 Å². The zero-order chi connectivity index (χ0) is 24.0. The molecule has 33 heavy (non-hydrogen) atoms. The average molecular weight is 503 g/mol. The molecule has 0 saturated carbocycles. The molecule has 2 amide bonds. The highest BCUT2D eigenvalue weighted by atomic mass is 35.5. The first-order chi connectivity index (χ1) is 15.8. The number of carboxylic acid groups (broad SMARTS) is 1. The van der Waals surface area contributed by atoms with Gasteiger partial charge < -0.3 is 15.7 Å². The molecule has 3 aromatic rings. The number of thioether (sulfide) groups is 1. The molecule has 0 aliphatic rings. The molecule has 0 bridgehead atoms. The summed E-state index contributed by atoms with van der Waals surface area (Å²) in [4.78, 5) is 37.3. The van der Waals surface area contributed by atoms with Gasteiger partial charge in [-0.2, -0.15) is 0 Å². The van der Waals surface area contributed by atoms with Crippen LogP contribution < -0.4 is 10.6 Å². The van der Waals surface area contributed by atoms with Gasteiger partial charge in [-0.1, -0.05) is 42.3 Å². The van der Waals surface area contributed by atoms with E-state index in [1.165, 1.54) is 23.9 Å². The van der Waals surface area contributed by atoms with Crippen LogP contribution in [0.1, 0.15) is 34.1 Å².